The Morgan fingerprint density at radius 1 is 1.36 bits per heavy atom. The van der Waals surface area contributed by atoms with Gasteiger partial charge in [0.15, 0.2) is 11.5 Å². The highest BCUT2D eigenvalue weighted by Gasteiger charge is 2.19. The number of aryl methyl sites for hydroxylation is 1. The van der Waals surface area contributed by atoms with E-state index in [0.29, 0.717) is 42.8 Å². The Morgan fingerprint density at radius 2 is 2.18 bits per heavy atom. The van der Waals surface area contributed by atoms with Gasteiger partial charge in [-0.25, -0.2) is 0 Å². The summed E-state index contributed by atoms with van der Waals surface area (Å²) in [4.78, 5) is 0. The van der Waals surface area contributed by atoms with Gasteiger partial charge < -0.3 is 24.5 Å². The molecule has 3 rings (SSSR count). The maximum atomic E-state index is 10.3. The number of hydrogen-bond acceptors (Lipinski definition) is 4. The third kappa shape index (κ3) is 3.38. The molecule has 1 atom stereocenters. The number of benzene rings is 1. The predicted molar refractivity (Wildman–Crippen MR) is 84.5 cm³/mol. The van der Waals surface area contributed by atoms with Gasteiger partial charge in [0.2, 0.25) is 0 Å². The van der Waals surface area contributed by atoms with Crippen molar-refractivity contribution in [2.75, 3.05) is 19.8 Å². The summed E-state index contributed by atoms with van der Waals surface area (Å²) in [7, 11) is 1.98. The van der Waals surface area contributed by atoms with Crippen LogP contribution in [0.3, 0.4) is 0 Å². The summed E-state index contributed by atoms with van der Waals surface area (Å²) < 4.78 is 13.0. The Bertz CT molecular complexity index is 657. The maximum Gasteiger partial charge on any atom is 0.179 e. The molecule has 0 radical (unpaired) electrons. The SMILES string of the molecule is Cn1ccc(CNCC(O)c2cc(Cl)c3c(c2)OCCO3)c1. The van der Waals surface area contributed by atoms with Crippen LogP contribution in [0.1, 0.15) is 17.2 Å². The van der Waals surface area contributed by atoms with Crippen LogP contribution in [0.25, 0.3) is 0 Å². The van der Waals surface area contributed by atoms with Crippen LogP contribution in [0, 0.1) is 0 Å². The number of nitrogens with one attached hydrogen (secondary N) is 1. The van der Waals surface area contributed by atoms with E-state index >= 15 is 0 Å². The van der Waals surface area contributed by atoms with Gasteiger partial charge in [-0.1, -0.05) is 11.6 Å². The van der Waals surface area contributed by atoms with Crippen LogP contribution >= 0.6 is 11.6 Å². The summed E-state index contributed by atoms with van der Waals surface area (Å²) in [6.45, 7) is 2.13. The summed E-state index contributed by atoms with van der Waals surface area (Å²) in [6.07, 6.45) is 3.38. The van der Waals surface area contributed by atoms with E-state index in [1.807, 2.05) is 30.1 Å². The fraction of sp³-hybridized carbons (Fsp3) is 0.375. The molecular formula is C16H19ClN2O3. The molecule has 2 heterocycles. The number of aliphatic hydroxyl groups is 1. The van der Waals surface area contributed by atoms with Crippen molar-refractivity contribution in [1.82, 2.24) is 9.88 Å². The van der Waals surface area contributed by atoms with Gasteiger partial charge in [0, 0.05) is 32.5 Å². The van der Waals surface area contributed by atoms with Crippen molar-refractivity contribution in [3.05, 3.63) is 46.7 Å². The highest BCUT2D eigenvalue weighted by atomic mass is 35.5. The first-order chi connectivity index (χ1) is 10.6. The molecular weight excluding hydrogens is 304 g/mol. The van der Waals surface area contributed by atoms with Crippen molar-refractivity contribution < 1.29 is 14.6 Å². The monoisotopic (exact) mass is 322 g/mol. The molecule has 1 aromatic carbocycles. The lowest BCUT2D eigenvalue weighted by Gasteiger charge is -2.21. The molecule has 2 aromatic rings. The number of hydrogen-bond donors (Lipinski definition) is 2. The summed E-state index contributed by atoms with van der Waals surface area (Å²) in [5.41, 5.74) is 1.89. The quantitative estimate of drug-likeness (QED) is 0.886. The number of nitrogens with zero attached hydrogens (tertiary/aromatic N) is 1. The third-order valence-corrected chi connectivity index (χ3v) is 3.84. The summed E-state index contributed by atoms with van der Waals surface area (Å²) in [6, 6.07) is 5.56. The molecule has 1 aliphatic heterocycles. The van der Waals surface area contributed by atoms with Crippen LogP contribution in [0.4, 0.5) is 0 Å². The molecule has 1 aromatic heterocycles. The molecule has 0 spiro atoms. The summed E-state index contributed by atoms with van der Waals surface area (Å²) in [5, 5.41) is 14.0. The molecule has 0 saturated heterocycles. The Morgan fingerprint density at radius 3 is 2.95 bits per heavy atom. The average Bonchev–Trinajstić information content (AvgIpc) is 2.92. The Balaban J connectivity index is 1.62. The molecule has 118 valence electrons. The van der Waals surface area contributed by atoms with Gasteiger partial charge in [-0.15, -0.1) is 0 Å². The minimum absolute atomic E-state index is 0.435. The molecule has 0 bridgehead atoms. The topological polar surface area (TPSA) is 55.7 Å². The van der Waals surface area contributed by atoms with Gasteiger partial charge in [-0.3, -0.25) is 0 Å². The minimum atomic E-state index is -0.656. The van der Waals surface area contributed by atoms with Crippen LogP contribution in [0.5, 0.6) is 11.5 Å². The zero-order valence-corrected chi connectivity index (χ0v) is 13.1. The minimum Gasteiger partial charge on any atom is -0.486 e. The van der Waals surface area contributed by atoms with Crippen LogP contribution in [-0.2, 0) is 13.6 Å². The van der Waals surface area contributed by atoms with Crippen LogP contribution in [0.2, 0.25) is 5.02 Å². The molecule has 0 fully saturated rings. The number of rotatable bonds is 5. The number of aromatic nitrogens is 1. The zero-order valence-electron chi connectivity index (χ0n) is 12.4. The van der Waals surface area contributed by atoms with Gasteiger partial charge in [0.25, 0.3) is 0 Å². The van der Waals surface area contributed by atoms with Crippen molar-refractivity contribution in [3.63, 3.8) is 0 Å². The number of aliphatic hydroxyl groups excluding tert-OH is 1. The fourth-order valence-corrected chi connectivity index (χ4v) is 2.73. The number of ether oxygens (including phenoxy) is 2. The van der Waals surface area contributed by atoms with Gasteiger partial charge in [0.05, 0.1) is 11.1 Å². The lowest BCUT2D eigenvalue weighted by atomic mass is 10.1. The summed E-state index contributed by atoms with van der Waals surface area (Å²) >= 11 is 6.18. The van der Waals surface area contributed by atoms with E-state index in [2.05, 4.69) is 5.32 Å². The van der Waals surface area contributed by atoms with Crippen LogP contribution < -0.4 is 14.8 Å². The van der Waals surface area contributed by atoms with Gasteiger partial charge in [-0.05, 0) is 29.3 Å². The van der Waals surface area contributed by atoms with Crippen molar-refractivity contribution in [1.29, 1.82) is 0 Å². The predicted octanol–water partition coefficient (Wildman–Crippen LogP) is 2.27. The second-order valence-electron chi connectivity index (χ2n) is 5.36. The first-order valence-corrected chi connectivity index (χ1v) is 7.60. The highest BCUT2D eigenvalue weighted by molar-refractivity contribution is 6.32. The first-order valence-electron chi connectivity index (χ1n) is 7.22. The molecule has 1 unspecified atom stereocenters. The third-order valence-electron chi connectivity index (χ3n) is 3.56. The smallest absolute Gasteiger partial charge is 0.179 e. The first kappa shape index (κ1) is 15.2. The molecule has 0 saturated carbocycles. The van der Waals surface area contributed by atoms with Crippen molar-refractivity contribution in [3.8, 4) is 11.5 Å². The van der Waals surface area contributed by atoms with E-state index < -0.39 is 6.10 Å². The van der Waals surface area contributed by atoms with E-state index in [0.717, 1.165) is 5.56 Å². The molecule has 6 heteroatoms. The normalized spacial score (nSPS) is 14.9. The average molecular weight is 323 g/mol. The Labute approximate surface area is 134 Å². The van der Waals surface area contributed by atoms with Crippen LogP contribution in [-0.4, -0.2) is 29.4 Å². The maximum absolute atomic E-state index is 10.3. The lowest BCUT2D eigenvalue weighted by Crippen LogP contribution is -2.21. The van der Waals surface area contributed by atoms with E-state index in [-0.39, 0.29) is 0 Å². The van der Waals surface area contributed by atoms with E-state index in [4.69, 9.17) is 21.1 Å². The van der Waals surface area contributed by atoms with Crippen molar-refractivity contribution in [2.45, 2.75) is 12.6 Å². The second kappa shape index (κ2) is 6.60. The van der Waals surface area contributed by atoms with E-state index in [1.54, 1.807) is 12.1 Å². The molecule has 1 aliphatic rings. The van der Waals surface area contributed by atoms with Gasteiger partial charge in [0.1, 0.15) is 13.2 Å². The standard InChI is InChI=1S/C16H19ClN2O3/c1-19-3-2-11(10-19)8-18-9-14(20)12-6-13(17)16-15(7-12)21-4-5-22-16/h2-3,6-7,10,14,18,20H,4-5,8-9H2,1H3. The zero-order chi connectivity index (χ0) is 15.5. The van der Waals surface area contributed by atoms with E-state index in [9.17, 15) is 5.11 Å². The summed E-state index contributed by atoms with van der Waals surface area (Å²) in [5.74, 6) is 1.15. The highest BCUT2D eigenvalue weighted by Crippen LogP contribution is 2.39. The largest absolute Gasteiger partial charge is 0.486 e. The number of halogens is 1. The van der Waals surface area contributed by atoms with Crippen molar-refractivity contribution >= 4 is 11.6 Å². The molecule has 22 heavy (non-hydrogen) atoms. The molecule has 0 aliphatic carbocycles. The number of fused-ring (bicyclic) bond motifs is 1. The van der Waals surface area contributed by atoms with E-state index in [1.165, 1.54) is 5.56 Å². The Hall–Kier alpha value is -1.69. The van der Waals surface area contributed by atoms with Crippen LogP contribution in [0.15, 0.2) is 30.6 Å². The molecule has 5 nitrogen and oxygen atoms in total. The van der Waals surface area contributed by atoms with Gasteiger partial charge in [-0.2, -0.15) is 0 Å². The molecule has 0 amide bonds. The second-order valence-corrected chi connectivity index (χ2v) is 5.77. The van der Waals surface area contributed by atoms with Gasteiger partial charge >= 0.3 is 0 Å². The van der Waals surface area contributed by atoms with Crippen molar-refractivity contribution in [2.24, 2.45) is 7.05 Å². The molecule has 2 N–H and O–H groups in total. The Kier molecular flexibility index (Phi) is 4.57. The lowest BCUT2D eigenvalue weighted by molar-refractivity contribution is 0.163. The fourth-order valence-electron chi connectivity index (χ4n) is 2.46.